The summed E-state index contributed by atoms with van der Waals surface area (Å²) in [6, 6.07) is 10.2. The summed E-state index contributed by atoms with van der Waals surface area (Å²) in [4.78, 5) is 17.1. The zero-order chi connectivity index (χ0) is 17.2. The molecule has 1 amide bonds. The zero-order valence-electron chi connectivity index (χ0n) is 14.2. The van der Waals surface area contributed by atoms with Gasteiger partial charge in [0.05, 0.1) is 24.8 Å². The van der Waals surface area contributed by atoms with Crippen LogP contribution in [0.3, 0.4) is 0 Å². The lowest BCUT2D eigenvalue weighted by atomic mass is 9.67. The number of fused-ring (bicyclic) bond motifs is 1. The van der Waals surface area contributed by atoms with Gasteiger partial charge in [-0.15, -0.1) is 11.3 Å². The summed E-state index contributed by atoms with van der Waals surface area (Å²) in [5, 5.41) is 6.11. The quantitative estimate of drug-likeness (QED) is 0.862. The highest BCUT2D eigenvalue weighted by atomic mass is 32.1. The molecule has 4 rings (SSSR count). The van der Waals surface area contributed by atoms with Crippen molar-refractivity contribution < 1.29 is 14.3 Å². The van der Waals surface area contributed by atoms with Gasteiger partial charge in [0, 0.05) is 42.5 Å². The lowest BCUT2D eigenvalue weighted by molar-refractivity contribution is -0.129. The summed E-state index contributed by atoms with van der Waals surface area (Å²) >= 11 is 1.58. The summed E-state index contributed by atoms with van der Waals surface area (Å²) < 4.78 is 11.1. The Morgan fingerprint density at radius 3 is 3.04 bits per heavy atom. The number of carbonyl (C=O) groups excluding carboxylic acids is 1. The lowest BCUT2D eigenvalue weighted by Gasteiger charge is -2.47. The number of nitrogens with one attached hydrogen (secondary N) is 1. The van der Waals surface area contributed by atoms with Gasteiger partial charge < -0.3 is 14.8 Å². The number of ether oxygens (including phenoxy) is 2. The maximum Gasteiger partial charge on any atom is 0.226 e. The molecular formula is C19H22N2O3S. The molecule has 2 aliphatic rings. The van der Waals surface area contributed by atoms with E-state index in [0.29, 0.717) is 18.9 Å². The van der Waals surface area contributed by atoms with Crippen molar-refractivity contribution in [3.8, 4) is 10.6 Å². The first kappa shape index (κ1) is 16.7. The number of rotatable bonds is 6. The zero-order valence-corrected chi connectivity index (χ0v) is 15.0. The lowest BCUT2D eigenvalue weighted by Crippen LogP contribution is -2.62. The van der Waals surface area contributed by atoms with E-state index in [-0.39, 0.29) is 24.0 Å². The van der Waals surface area contributed by atoms with Crippen LogP contribution in [0.1, 0.15) is 12.1 Å². The van der Waals surface area contributed by atoms with Crippen LogP contribution in [0.15, 0.2) is 35.7 Å². The van der Waals surface area contributed by atoms with Gasteiger partial charge in [-0.3, -0.25) is 4.79 Å². The number of carbonyl (C=O) groups is 1. The van der Waals surface area contributed by atoms with E-state index in [9.17, 15) is 4.79 Å². The van der Waals surface area contributed by atoms with Crippen molar-refractivity contribution >= 4 is 17.2 Å². The molecule has 1 saturated heterocycles. The summed E-state index contributed by atoms with van der Waals surface area (Å²) in [6.07, 6.45) is 1.58. The van der Waals surface area contributed by atoms with Crippen LogP contribution in [-0.2, 0) is 20.7 Å². The summed E-state index contributed by atoms with van der Waals surface area (Å²) in [5.41, 5.74) is 1.91. The number of methoxy groups -OCH3 is 1. The number of hydrogen-bond acceptors (Lipinski definition) is 5. The van der Waals surface area contributed by atoms with E-state index in [1.807, 2.05) is 35.7 Å². The van der Waals surface area contributed by atoms with E-state index in [2.05, 4.69) is 10.3 Å². The smallest absolute Gasteiger partial charge is 0.226 e. The highest BCUT2D eigenvalue weighted by Gasteiger charge is 2.54. The fourth-order valence-corrected chi connectivity index (χ4v) is 4.76. The number of aromatic nitrogens is 1. The summed E-state index contributed by atoms with van der Waals surface area (Å²) in [6.45, 7) is 1.41. The van der Waals surface area contributed by atoms with E-state index in [4.69, 9.17) is 9.47 Å². The van der Waals surface area contributed by atoms with Gasteiger partial charge in [0.2, 0.25) is 5.91 Å². The van der Waals surface area contributed by atoms with Gasteiger partial charge in [-0.2, -0.15) is 0 Å². The third-order valence-electron chi connectivity index (χ3n) is 5.13. The highest BCUT2D eigenvalue weighted by molar-refractivity contribution is 7.13. The Kier molecular flexibility index (Phi) is 4.83. The molecule has 2 heterocycles. The predicted octanol–water partition coefficient (Wildman–Crippen LogP) is 2.52. The van der Waals surface area contributed by atoms with Crippen molar-refractivity contribution in [2.24, 2.45) is 11.8 Å². The first-order chi connectivity index (χ1) is 12.3. The highest BCUT2D eigenvalue weighted by Crippen LogP contribution is 2.43. The minimum Gasteiger partial charge on any atom is -0.384 e. The Morgan fingerprint density at radius 1 is 1.40 bits per heavy atom. The van der Waals surface area contributed by atoms with Crippen LogP contribution in [0.4, 0.5) is 0 Å². The number of amides is 1. The first-order valence-electron chi connectivity index (χ1n) is 8.66. The van der Waals surface area contributed by atoms with Gasteiger partial charge in [-0.05, 0) is 6.42 Å². The average molecular weight is 358 g/mol. The van der Waals surface area contributed by atoms with Gasteiger partial charge in [0.25, 0.3) is 0 Å². The monoisotopic (exact) mass is 358 g/mol. The molecule has 2 aromatic rings. The topological polar surface area (TPSA) is 60.5 Å². The molecule has 132 valence electrons. The predicted molar refractivity (Wildman–Crippen MR) is 96.4 cm³/mol. The standard InChI is InChI=1S/C19H22N2O3S/c1-23-10-15-17(14-7-8-24-18(14)15)21-16(22)9-13-11-25-19(20-13)12-5-3-2-4-6-12/h2-6,11,14-15,17-18H,7-10H2,1H3,(H,21,22)/t14-,15-,17-,18-/m0/s1. The molecule has 1 aromatic carbocycles. The second-order valence-corrected chi connectivity index (χ2v) is 7.55. The van der Waals surface area contributed by atoms with Crippen molar-refractivity contribution in [3.05, 3.63) is 41.4 Å². The number of thiazole rings is 1. The molecule has 1 aliphatic heterocycles. The third kappa shape index (κ3) is 3.34. The fraction of sp³-hybridized carbons (Fsp3) is 0.474. The maximum absolute atomic E-state index is 12.5. The van der Waals surface area contributed by atoms with Crippen LogP contribution < -0.4 is 5.32 Å². The minimum absolute atomic E-state index is 0.0290. The molecule has 0 radical (unpaired) electrons. The summed E-state index contributed by atoms with van der Waals surface area (Å²) in [7, 11) is 1.70. The number of benzene rings is 1. The Balaban J connectivity index is 1.37. The van der Waals surface area contributed by atoms with E-state index in [1.165, 1.54) is 0 Å². The van der Waals surface area contributed by atoms with Crippen LogP contribution in [-0.4, -0.2) is 43.4 Å². The van der Waals surface area contributed by atoms with Gasteiger partial charge in [-0.1, -0.05) is 30.3 Å². The second kappa shape index (κ2) is 7.23. The van der Waals surface area contributed by atoms with Crippen LogP contribution in [0.25, 0.3) is 10.6 Å². The van der Waals surface area contributed by atoms with Crippen molar-refractivity contribution in [1.82, 2.24) is 10.3 Å². The molecule has 1 aliphatic carbocycles. The van der Waals surface area contributed by atoms with Crippen molar-refractivity contribution in [2.75, 3.05) is 20.3 Å². The molecule has 1 aromatic heterocycles. The van der Waals surface area contributed by atoms with E-state index in [0.717, 1.165) is 29.3 Å². The van der Waals surface area contributed by atoms with Crippen LogP contribution >= 0.6 is 11.3 Å². The molecule has 0 bridgehead atoms. The Hall–Kier alpha value is -1.76. The maximum atomic E-state index is 12.5. The van der Waals surface area contributed by atoms with Crippen LogP contribution in [0.2, 0.25) is 0 Å². The Bertz CT molecular complexity index is 733. The summed E-state index contributed by atoms with van der Waals surface area (Å²) in [5.74, 6) is 0.720. The Labute approximate surface area is 151 Å². The van der Waals surface area contributed by atoms with Crippen molar-refractivity contribution in [1.29, 1.82) is 0 Å². The molecule has 6 heteroatoms. The second-order valence-electron chi connectivity index (χ2n) is 6.69. The van der Waals surface area contributed by atoms with Crippen molar-refractivity contribution in [3.63, 3.8) is 0 Å². The molecule has 4 atom stereocenters. The minimum atomic E-state index is 0.0290. The molecule has 25 heavy (non-hydrogen) atoms. The van der Waals surface area contributed by atoms with E-state index in [1.54, 1.807) is 18.4 Å². The number of nitrogens with zero attached hydrogens (tertiary/aromatic N) is 1. The molecule has 0 unspecified atom stereocenters. The molecule has 5 nitrogen and oxygen atoms in total. The van der Waals surface area contributed by atoms with Crippen molar-refractivity contribution in [2.45, 2.75) is 25.0 Å². The van der Waals surface area contributed by atoms with Crippen LogP contribution in [0, 0.1) is 11.8 Å². The van der Waals surface area contributed by atoms with Gasteiger partial charge >= 0.3 is 0 Å². The molecule has 1 saturated carbocycles. The molecule has 1 N–H and O–H groups in total. The molecule has 0 spiro atoms. The Morgan fingerprint density at radius 2 is 2.24 bits per heavy atom. The largest absolute Gasteiger partial charge is 0.384 e. The van der Waals surface area contributed by atoms with Gasteiger partial charge in [0.15, 0.2) is 0 Å². The molecule has 2 fully saturated rings. The van der Waals surface area contributed by atoms with E-state index < -0.39 is 0 Å². The first-order valence-corrected chi connectivity index (χ1v) is 9.54. The van der Waals surface area contributed by atoms with Gasteiger partial charge in [-0.25, -0.2) is 4.98 Å². The third-order valence-corrected chi connectivity index (χ3v) is 6.07. The molecular weight excluding hydrogens is 336 g/mol. The normalized spacial score (nSPS) is 27.6. The van der Waals surface area contributed by atoms with Gasteiger partial charge in [0.1, 0.15) is 5.01 Å². The van der Waals surface area contributed by atoms with E-state index >= 15 is 0 Å². The number of hydrogen-bond donors (Lipinski definition) is 1. The van der Waals surface area contributed by atoms with Crippen LogP contribution in [0.5, 0.6) is 0 Å². The SMILES string of the molecule is COC[C@H]1[C@@H](NC(=O)Cc2csc(-c3ccccc3)n2)[C@@H]2CCO[C@@H]21. The average Bonchev–Trinajstić information content (AvgIpc) is 3.26. The fourth-order valence-electron chi connectivity index (χ4n) is 3.94.